The van der Waals surface area contributed by atoms with E-state index in [1.165, 1.54) is 0 Å². The second kappa shape index (κ2) is 8.23. The number of rotatable bonds is 5. The first-order valence-electron chi connectivity index (χ1n) is 8.23. The molecule has 3 rings (SSSR count). The average molecular weight is 368 g/mol. The summed E-state index contributed by atoms with van der Waals surface area (Å²) >= 11 is 7.73. The van der Waals surface area contributed by atoms with Crippen molar-refractivity contribution in [2.75, 3.05) is 24.7 Å². The van der Waals surface area contributed by atoms with Crippen molar-refractivity contribution in [3.63, 3.8) is 0 Å². The normalized spacial score (nSPS) is 23.5. The highest BCUT2D eigenvalue weighted by Crippen LogP contribution is 2.22. The molecule has 2 amide bonds. The number of nitrogens with one attached hydrogen (secondary N) is 2. The Hall–Kier alpha value is -1.24. The van der Waals surface area contributed by atoms with Crippen molar-refractivity contribution in [2.24, 2.45) is 5.92 Å². The average Bonchev–Trinajstić information content (AvgIpc) is 3.24. The molecular weight excluding hydrogens is 346 g/mol. The fraction of sp³-hybridized carbons (Fsp3) is 0.529. The molecule has 24 heavy (non-hydrogen) atoms. The van der Waals surface area contributed by atoms with Gasteiger partial charge in [-0.25, -0.2) is 0 Å². The van der Waals surface area contributed by atoms with E-state index in [4.69, 9.17) is 11.6 Å². The van der Waals surface area contributed by atoms with Crippen LogP contribution in [0.3, 0.4) is 0 Å². The van der Waals surface area contributed by atoms with Crippen LogP contribution in [0.25, 0.3) is 0 Å². The van der Waals surface area contributed by atoms with Crippen LogP contribution >= 0.6 is 23.4 Å². The zero-order valence-corrected chi connectivity index (χ0v) is 15.0. The zero-order valence-electron chi connectivity index (χ0n) is 13.5. The van der Waals surface area contributed by atoms with E-state index in [9.17, 15) is 9.59 Å². The minimum absolute atomic E-state index is 0.0200. The van der Waals surface area contributed by atoms with Crippen LogP contribution in [0.5, 0.6) is 0 Å². The molecule has 0 radical (unpaired) electrons. The number of hydrogen-bond acceptors (Lipinski definition) is 4. The number of amides is 2. The summed E-state index contributed by atoms with van der Waals surface area (Å²) in [6.07, 6.45) is 1.19. The fourth-order valence-electron chi connectivity index (χ4n) is 3.14. The van der Waals surface area contributed by atoms with Gasteiger partial charge in [0.15, 0.2) is 0 Å². The predicted molar refractivity (Wildman–Crippen MR) is 96.9 cm³/mol. The van der Waals surface area contributed by atoms with Crippen molar-refractivity contribution in [2.45, 2.75) is 25.4 Å². The largest absolute Gasteiger partial charge is 0.352 e. The van der Waals surface area contributed by atoms with Crippen molar-refractivity contribution in [1.82, 2.24) is 15.5 Å². The van der Waals surface area contributed by atoms with Crippen LogP contribution in [0.4, 0.5) is 0 Å². The Morgan fingerprint density at radius 1 is 1.42 bits per heavy atom. The fourth-order valence-corrected chi connectivity index (χ4v) is 4.31. The molecule has 0 saturated carbocycles. The molecule has 0 bridgehead atoms. The standard InChI is InChI=1S/C17H22ClN3O2S/c18-14-3-1-2-12(6-14)9-20-16(22)8-13-7-15(19-10-13)17(23)21-4-5-24-11-21/h1-3,6,13,15,19H,4-5,7-11H2,(H,20,22)/t13?,15-/m0/s1. The summed E-state index contributed by atoms with van der Waals surface area (Å²) in [5.41, 5.74) is 0.986. The molecule has 2 atom stereocenters. The lowest BCUT2D eigenvalue weighted by Crippen LogP contribution is -2.42. The molecule has 2 saturated heterocycles. The molecule has 2 aliphatic rings. The minimum Gasteiger partial charge on any atom is -0.352 e. The number of carbonyl (C=O) groups excluding carboxylic acids is 2. The van der Waals surface area contributed by atoms with Gasteiger partial charge in [0.25, 0.3) is 0 Å². The minimum atomic E-state index is -0.130. The van der Waals surface area contributed by atoms with Crippen LogP contribution in [0.15, 0.2) is 24.3 Å². The van der Waals surface area contributed by atoms with Crippen LogP contribution < -0.4 is 10.6 Å². The van der Waals surface area contributed by atoms with Crippen molar-refractivity contribution >= 4 is 35.2 Å². The molecule has 2 N–H and O–H groups in total. The lowest BCUT2D eigenvalue weighted by atomic mass is 10.0. The molecule has 0 spiro atoms. The Morgan fingerprint density at radius 2 is 2.29 bits per heavy atom. The van der Waals surface area contributed by atoms with Gasteiger partial charge in [-0.15, -0.1) is 11.8 Å². The molecule has 2 heterocycles. The van der Waals surface area contributed by atoms with Gasteiger partial charge in [0, 0.05) is 30.3 Å². The molecule has 1 unspecified atom stereocenters. The molecule has 130 valence electrons. The lowest BCUT2D eigenvalue weighted by molar-refractivity contribution is -0.131. The number of thioether (sulfide) groups is 1. The highest BCUT2D eigenvalue weighted by molar-refractivity contribution is 7.99. The summed E-state index contributed by atoms with van der Waals surface area (Å²) in [5, 5.41) is 6.87. The van der Waals surface area contributed by atoms with Gasteiger partial charge in [0.05, 0.1) is 11.9 Å². The first kappa shape index (κ1) is 17.6. The molecule has 2 aliphatic heterocycles. The molecule has 0 aromatic heterocycles. The van der Waals surface area contributed by atoms with Crippen LogP contribution in [0.2, 0.25) is 5.02 Å². The molecule has 1 aromatic carbocycles. The maximum atomic E-state index is 12.4. The first-order valence-corrected chi connectivity index (χ1v) is 9.76. The van der Waals surface area contributed by atoms with E-state index in [0.29, 0.717) is 18.0 Å². The Bertz CT molecular complexity index is 607. The summed E-state index contributed by atoms with van der Waals surface area (Å²) < 4.78 is 0. The maximum absolute atomic E-state index is 12.4. The van der Waals surface area contributed by atoms with Gasteiger partial charge < -0.3 is 15.5 Å². The quantitative estimate of drug-likeness (QED) is 0.833. The van der Waals surface area contributed by atoms with Crippen molar-refractivity contribution in [3.05, 3.63) is 34.9 Å². The number of benzene rings is 1. The molecule has 5 nitrogen and oxygen atoms in total. The topological polar surface area (TPSA) is 61.4 Å². The van der Waals surface area contributed by atoms with Crippen LogP contribution in [0.1, 0.15) is 18.4 Å². The highest BCUT2D eigenvalue weighted by Gasteiger charge is 2.34. The van der Waals surface area contributed by atoms with Crippen molar-refractivity contribution < 1.29 is 9.59 Å². The van der Waals surface area contributed by atoms with Gasteiger partial charge >= 0.3 is 0 Å². The van der Waals surface area contributed by atoms with E-state index >= 15 is 0 Å². The SMILES string of the molecule is O=C(CC1CN[C@H](C(=O)N2CCSC2)C1)NCc1cccc(Cl)c1. The van der Waals surface area contributed by atoms with E-state index in [-0.39, 0.29) is 23.8 Å². The van der Waals surface area contributed by atoms with Gasteiger partial charge in [-0.05, 0) is 36.6 Å². The molecule has 1 aromatic rings. The first-order chi connectivity index (χ1) is 11.6. The van der Waals surface area contributed by atoms with Crippen LogP contribution in [-0.4, -0.2) is 47.5 Å². The van der Waals surface area contributed by atoms with E-state index in [2.05, 4.69) is 10.6 Å². The van der Waals surface area contributed by atoms with Crippen LogP contribution in [-0.2, 0) is 16.1 Å². The zero-order chi connectivity index (χ0) is 16.9. The number of carbonyl (C=O) groups is 2. The van der Waals surface area contributed by atoms with Gasteiger partial charge in [0.1, 0.15) is 0 Å². The Labute approximate surface area is 151 Å². The van der Waals surface area contributed by atoms with Gasteiger partial charge in [0.2, 0.25) is 11.8 Å². The van der Waals surface area contributed by atoms with E-state index < -0.39 is 0 Å². The Balaban J connectivity index is 1.41. The predicted octanol–water partition coefficient (Wildman–Crippen LogP) is 1.86. The summed E-state index contributed by atoms with van der Waals surface area (Å²) in [6.45, 7) is 2.04. The Kier molecular flexibility index (Phi) is 6.03. The molecule has 0 aliphatic carbocycles. The van der Waals surface area contributed by atoms with E-state index in [1.807, 2.05) is 29.2 Å². The number of hydrogen-bond donors (Lipinski definition) is 2. The van der Waals surface area contributed by atoms with E-state index in [0.717, 1.165) is 36.7 Å². The third-order valence-electron chi connectivity index (χ3n) is 4.44. The summed E-state index contributed by atoms with van der Waals surface area (Å²) in [5.74, 6) is 2.23. The lowest BCUT2D eigenvalue weighted by Gasteiger charge is -2.19. The highest BCUT2D eigenvalue weighted by atomic mass is 35.5. The second-order valence-corrected chi connectivity index (χ2v) is 7.82. The van der Waals surface area contributed by atoms with Gasteiger partial charge in [-0.2, -0.15) is 0 Å². The van der Waals surface area contributed by atoms with Crippen molar-refractivity contribution in [3.8, 4) is 0 Å². The smallest absolute Gasteiger partial charge is 0.240 e. The maximum Gasteiger partial charge on any atom is 0.240 e. The third kappa shape index (κ3) is 4.65. The summed E-state index contributed by atoms with van der Waals surface area (Å²) in [6, 6.07) is 7.34. The third-order valence-corrected chi connectivity index (χ3v) is 5.64. The molecular formula is C17H22ClN3O2S. The molecule has 2 fully saturated rings. The molecule has 7 heteroatoms. The monoisotopic (exact) mass is 367 g/mol. The van der Waals surface area contributed by atoms with Gasteiger partial charge in [-0.1, -0.05) is 23.7 Å². The number of nitrogens with zero attached hydrogens (tertiary/aromatic N) is 1. The summed E-state index contributed by atoms with van der Waals surface area (Å²) in [7, 11) is 0. The Morgan fingerprint density at radius 3 is 3.04 bits per heavy atom. The van der Waals surface area contributed by atoms with Gasteiger partial charge in [-0.3, -0.25) is 9.59 Å². The number of halogens is 1. The second-order valence-electron chi connectivity index (χ2n) is 6.31. The van der Waals surface area contributed by atoms with Crippen molar-refractivity contribution in [1.29, 1.82) is 0 Å². The van der Waals surface area contributed by atoms with Crippen LogP contribution in [0, 0.1) is 5.92 Å². The summed E-state index contributed by atoms with van der Waals surface area (Å²) in [4.78, 5) is 26.4. The van der Waals surface area contributed by atoms with E-state index in [1.54, 1.807) is 11.8 Å².